The fourth-order valence-corrected chi connectivity index (χ4v) is 2.84. The van der Waals surface area contributed by atoms with Gasteiger partial charge in [-0.1, -0.05) is 36.4 Å². The number of nitro benzene ring substituents is 1. The van der Waals surface area contributed by atoms with Gasteiger partial charge in [-0.25, -0.2) is 4.79 Å². The molecule has 0 fully saturated rings. The highest BCUT2D eigenvalue weighted by Crippen LogP contribution is 2.35. The molecule has 0 N–H and O–H groups in total. The van der Waals surface area contributed by atoms with Gasteiger partial charge in [-0.2, -0.15) is 0 Å². The molecular weight excluding hydrogens is 372 g/mol. The molecule has 7 heteroatoms. The van der Waals surface area contributed by atoms with Gasteiger partial charge in [-0.15, -0.1) is 0 Å². The van der Waals surface area contributed by atoms with Gasteiger partial charge in [0.05, 0.1) is 4.92 Å². The predicted molar refractivity (Wildman–Crippen MR) is 106 cm³/mol. The smallest absolute Gasteiger partial charge is 0.347 e. The fraction of sp³-hybridized carbons (Fsp3) is 0. The van der Waals surface area contributed by atoms with Crippen LogP contribution >= 0.6 is 0 Å². The van der Waals surface area contributed by atoms with E-state index in [1.54, 1.807) is 60.7 Å². The number of nitrogens with zero attached hydrogens (tertiary/aromatic N) is 2. The number of fused-ring (bicyclic) bond motifs is 1. The van der Waals surface area contributed by atoms with Gasteiger partial charge in [0.25, 0.3) is 0 Å². The Morgan fingerprint density at radius 2 is 1.66 bits per heavy atom. The molecule has 7 nitrogen and oxygen atoms in total. The molecule has 4 rings (SSSR count). The Morgan fingerprint density at radius 3 is 2.45 bits per heavy atom. The minimum atomic E-state index is -0.780. The van der Waals surface area contributed by atoms with Crippen LogP contribution in [0.15, 0.2) is 85.1 Å². The van der Waals surface area contributed by atoms with Gasteiger partial charge in [0, 0.05) is 17.6 Å². The minimum Gasteiger partial charge on any atom is -0.456 e. The molecule has 4 aromatic rings. The maximum absolute atomic E-state index is 12.9. The molecule has 0 aliphatic rings. The van der Waals surface area contributed by atoms with E-state index >= 15 is 0 Å². The van der Waals surface area contributed by atoms with Crippen LogP contribution in [0.2, 0.25) is 0 Å². The first kappa shape index (κ1) is 18.1. The lowest BCUT2D eigenvalue weighted by Crippen LogP contribution is -2.11. The Morgan fingerprint density at radius 1 is 0.897 bits per heavy atom. The molecule has 0 saturated carbocycles. The van der Waals surface area contributed by atoms with E-state index in [0.29, 0.717) is 11.1 Å². The first-order valence-electron chi connectivity index (χ1n) is 8.70. The van der Waals surface area contributed by atoms with Crippen molar-refractivity contribution in [3.63, 3.8) is 0 Å². The summed E-state index contributed by atoms with van der Waals surface area (Å²) in [5, 5.41) is 12.1. The zero-order chi connectivity index (χ0) is 20.2. The Labute approximate surface area is 165 Å². The number of carbonyl (C=O) groups excluding carboxylic acids is 1. The molecule has 0 spiro atoms. The monoisotopic (exact) mass is 386 g/mol. The third-order valence-corrected chi connectivity index (χ3v) is 4.18. The topological polar surface area (TPSA) is 91.6 Å². The SMILES string of the molecule is O=C(Oc1c([N+](=O)[O-])ccc2cccnc12)c1ccccc1Oc1ccccc1. The second-order valence-electron chi connectivity index (χ2n) is 6.05. The van der Waals surface area contributed by atoms with Crippen molar-refractivity contribution in [3.05, 3.63) is 101 Å². The number of hydrogen-bond donors (Lipinski definition) is 0. The summed E-state index contributed by atoms with van der Waals surface area (Å²) in [5.74, 6) is -0.157. The lowest BCUT2D eigenvalue weighted by atomic mass is 10.1. The predicted octanol–water partition coefficient (Wildman–Crippen LogP) is 5.15. The van der Waals surface area contributed by atoms with Crippen molar-refractivity contribution in [3.8, 4) is 17.2 Å². The summed E-state index contributed by atoms with van der Waals surface area (Å²) >= 11 is 0. The highest BCUT2D eigenvalue weighted by atomic mass is 16.6. The average Bonchev–Trinajstić information content (AvgIpc) is 2.75. The molecule has 0 amide bonds. The van der Waals surface area contributed by atoms with E-state index in [4.69, 9.17) is 9.47 Å². The van der Waals surface area contributed by atoms with E-state index in [9.17, 15) is 14.9 Å². The highest BCUT2D eigenvalue weighted by Gasteiger charge is 2.24. The Bertz CT molecular complexity index is 1210. The molecule has 3 aromatic carbocycles. The van der Waals surface area contributed by atoms with Gasteiger partial charge in [0.2, 0.25) is 5.75 Å². The quantitative estimate of drug-likeness (QED) is 0.204. The van der Waals surface area contributed by atoms with Gasteiger partial charge in [0.15, 0.2) is 0 Å². The fourth-order valence-electron chi connectivity index (χ4n) is 2.84. The van der Waals surface area contributed by atoms with Crippen LogP contribution in [0.1, 0.15) is 10.4 Å². The number of carbonyl (C=O) groups is 1. The largest absolute Gasteiger partial charge is 0.456 e. The maximum Gasteiger partial charge on any atom is 0.347 e. The van der Waals surface area contributed by atoms with E-state index in [-0.39, 0.29) is 28.3 Å². The zero-order valence-corrected chi connectivity index (χ0v) is 15.0. The van der Waals surface area contributed by atoms with Gasteiger partial charge in [0.1, 0.15) is 22.6 Å². The molecule has 29 heavy (non-hydrogen) atoms. The first-order valence-corrected chi connectivity index (χ1v) is 8.70. The second kappa shape index (κ2) is 7.77. The van der Waals surface area contributed by atoms with Crippen molar-refractivity contribution >= 4 is 22.6 Å². The third-order valence-electron chi connectivity index (χ3n) is 4.18. The zero-order valence-electron chi connectivity index (χ0n) is 15.0. The van der Waals surface area contributed by atoms with Crippen LogP contribution in [0.4, 0.5) is 5.69 Å². The van der Waals surface area contributed by atoms with Gasteiger partial charge in [-0.3, -0.25) is 15.1 Å². The van der Waals surface area contributed by atoms with Crippen LogP contribution in [0.5, 0.6) is 17.2 Å². The van der Waals surface area contributed by atoms with Crippen molar-refractivity contribution < 1.29 is 19.2 Å². The number of benzene rings is 3. The van der Waals surface area contributed by atoms with Crippen LogP contribution in [-0.4, -0.2) is 15.9 Å². The Kier molecular flexibility index (Phi) is 4.86. The third kappa shape index (κ3) is 3.74. The van der Waals surface area contributed by atoms with Gasteiger partial charge >= 0.3 is 11.7 Å². The van der Waals surface area contributed by atoms with Crippen LogP contribution in [0, 0.1) is 10.1 Å². The molecule has 1 aromatic heterocycles. The molecule has 0 atom stereocenters. The van der Waals surface area contributed by atoms with Crippen LogP contribution in [0.25, 0.3) is 10.9 Å². The van der Waals surface area contributed by atoms with Crippen molar-refractivity contribution in [2.45, 2.75) is 0 Å². The van der Waals surface area contributed by atoms with Crippen molar-refractivity contribution in [2.24, 2.45) is 0 Å². The second-order valence-corrected chi connectivity index (χ2v) is 6.05. The number of ether oxygens (including phenoxy) is 2. The summed E-state index contributed by atoms with van der Waals surface area (Å²) < 4.78 is 11.2. The number of para-hydroxylation sites is 2. The van der Waals surface area contributed by atoms with Gasteiger partial charge < -0.3 is 9.47 Å². The summed E-state index contributed by atoms with van der Waals surface area (Å²) in [7, 11) is 0. The lowest BCUT2D eigenvalue weighted by Gasteiger charge is -2.11. The molecule has 0 saturated heterocycles. The number of pyridine rings is 1. The summed E-state index contributed by atoms with van der Waals surface area (Å²) in [5.41, 5.74) is 0.0288. The van der Waals surface area contributed by atoms with E-state index in [0.717, 1.165) is 0 Å². The molecule has 0 radical (unpaired) electrons. The van der Waals surface area contributed by atoms with Crippen molar-refractivity contribution in [1.29, 1.82) is 0 Å². The van der Waals surface area contributed by atoms with E-state index in [1.807, 2.05) is 6.07 Å². The summed E-state index contributed by atoms with van der Waals surface area (Å²) in [4.78, 5) is 27.9. The van der Waals surface area contributed by atoms with E-state index < -0.39 is 10.9 Å². The molecule has 1 heterocycles. The molecule has 0 unspecified atom stereocenters. The van der Waals surface area contributed by atoms with Crippen molar-refractivity contribution in [2.75, 3.05) is 0 Å². The number of aromatic nitrogens is 1. The molecule has 0 bridgehead atoms. The Balaban J connectivity index is 1.73. The number of esters is 1. The number of hydrogen-bond acceptors (Lipinski definition) is 6. The van der Waals surface area contributed by atoms with Gasteiger partial charge in [-0.05, 0) is 36.4 Å². The standard InChI is InChI=1S/C22H14N2O5/c25-22(17-10-4-5-11-19(17)28-16-8-2-1-3-9-16)29-21-18(24(26)27)13-12-15-7-6-14-23-20(15)21/h1-14H. The average molecular weight is 386 g/mol. The first-order chi connectivity index (χ1) is 14.1. The minimum absolute atomic E-state index is 0.138. The number of rotatable bonds is 5. The highest BCUT2D eigenvalue weighted by molar-refractivity contribution is 5.98. The molecule has 142 valence electrons. The lowest BCUT2D eigenvalue weighted by molar-refractivity contribution is -0.385. The summed E-state index contributed by atoms with van der Waals surface area (Å²) in [6, 6.07) is 21.8. The van der Waals surface area contributed by atoms with Crippen molar-refractivity contribution in [1.82, 2.24) is 4.98 Å². The van der Waals surface area contributed by atoms with Crippen LogP contribution < -0.4 is 9.47 Å². The van der Waals surface area contributed by atoms with E-state index in [1.165, 1.54) is 18.3 Å². The maximum atomic E-state index is 12.9. The van der Waals surface area contributed by atoms with Crippen LogP contribution in [-0.2, 0) is 0 Å². The van der Waals surface area contributed by atoms with E-state index in [2.05, 4.69) is 4.98 Å². The summed E-state index contributed by atoms with van der Waals surface area (Å²) in [6.45, 7) is 0. The normalized spacial score (nSPS) is 10.5. The molecule has 0 aliphatic heterocycles. The number of nitro groups is 1. The van der Waals surface area contributed by atoms with Crippen LogP contribution in [0.3, 0.4) is 0 Å². The molecule has 0 aliphatic carbocycles. The molecular formula is C22H14N2O5. The summed E-state index contributed by atoms with van der Waals surface area (Å²) in [6.07, 6.45) is 1.48. The Hall–Kier alpha value is -4.26.